The quantitative estimate of drug-likeness (QED) is 0.607. The monoisotopic (exact) mass is 429 g/mol. The third-order valence-electron chi connectivity index (χ3n) is 4.58. The predicted octanol–water partition coefficient (Wildman–Crippen LogP) is 2.90. The van der Waals surface area contributed by atoms with Crippen molar-refractivity contribution >= 4 is 10.0 Å². The minimum absolute atomic E-state index is 0.107. The summed E-state index contributed by atoms with van der Waals surface area (Å²) in [6, 6.07) is 11.8. The van der Waals surface area contributed by atoms with Crippen LogP contribution in [0.5, 0.6) is 11.5 Å². The maximum absolute atomic E-state index is 13.1. The van der Waals surface area contributed by atoms with Crippen LogP contribution in [0, 0.1) is 5.92 Å². The van der Waals surface area contributed by atoms with E-state index in [1.807, 2.05) is 0 Å². The third kappa shape index (κ3) is 6.38. The van der Waals surface area contributed by atoms with Crippen molar-refractivity contribution in [3.63, 3.8) is 0 Å². The molecule has 2 N–H and O–H groups in total. The van der Waals surface area contributed by atoms with Crippen LogP contribution in [0.15, 0.2) is 53.4 Å². The second kappa shape index (κ2) is 10.00. The van der Waals surface area contributed by atoms with E-state index in [0.29, 0.717) is 16.5 Å². The molecule has 29 heavy (non-hydrogen) atoms. The Morgan fingerprint density at radius 1 is 1.03 bits per heavy atom. The number of ether oxygens (including phenoxy) is 1. The van der Waals surface area contributed by atoms with Gasteiger partial charge in [-0.3, -0.25) is 0 Å². The largest absolute Gasteiger partial charge is 0.508 e. The van der Waals surface area contributed by atoms with E-state index in [-0.39, 0.29) is 10.6 Å². The van der Waals surface area contributed by atoms with E-state index >= 15 is 0 Å². The van der Waals surface area contributed by atoms with Crippen LogP contribution in [0.2, 0.25) is 0 Å². The van der Waals surface area contributed by atoms with Gasteiger partial charge in [-0.25, -0.2) is 17.2 Å². The summed E-state index contributed by atoms with van der Waals surface area (Å²) < 4.78 is 57.4. The molecule has 0 aliphatic carbocycles. The fraction of sp³-hybridized carbons (Fsp3) is 0.400. The first-order valence-electron chi connectivity index (χ1n) is 9.01. The molecular weight excluding hydrogens is 404 g/mol. The fourth-order valence-corrected chi connectivity index (χ4v) is 4.29. The van der Waals surface area contributed by atoms with E-state index in [0.717, 1.165) is 5.56 Å². The van der Waals surface area contributed by atoms with Crippen LogP contribution >= 0.6 is 0 Å². The fourth-order valence-electron chi connectivity index (χ4n) is 2.85. The highest BCUT2D eigenvalue weighted by atomic mass is 32.2. The number of phenolic OH excluding ortho intramolecular Hbond substituents is 1. The second-order valence-corrected chi connectivity index (χ2v) is 8.74. The number of nitrogens with zero attached hydrogens (tertiary/aromatic N) is 1. The SMILES string of the molecule is COc1ccc(S(=O)(=O)N(CC(F)F)C[C@@H](O)[C@@H](C)Cc2ccc(O)cc2)cc1. The number of alkyl halides is 2. The van der Waals surface area contributed by atoms with Gasteiger partial charge in [-0.15, -0.1) is 0 Å². The molecule has 2 atom stereocenters. The van der Waals surface area contributed by atoms with Crippen molar-refractivity contribution in [3.8, 4) is 11.5 Å². The number of sulfonamides is 1. The average Bonchev–Trinajstić information content (AvgIpc) is 2.68. The molecule has 0 unspecified atom stereocenters. The standard InChI is InChI=1S/C20H25F2NO5S/c1-14(11-15-3-5-16(24)6-4-15)19(25)12-23(13-20(21)22)29(26,27)18-9-7-17(28-2)8-10-18/h3-10,14,19-20,24-25H,11-13H2,1-2H3/t14-,19+/m0/s1. The van der Waals surface area contributed by atoms with Gasteiger partial charge in [0.15, 0.2) is 0 Å². The molecule has 2 rings (SSSR count). The highest BCUT2D eigenvalue weighted by molar-refractivity contribution is 7.89. The van der Waals surface area contributed by atoms with Crippen molar-refractivity contribution in [2.24, 2.45) is 5.92 Å². The van der Waals surface area contributed by atoms with E-state index in [1.54, 1.807) is 19.1 Å². The number of phenols is 1. The lowest BCUT2D eigenvalue weighted by atomic mass is 9.96. The lowest BCUT2D eigenvalue weighted by molar-refractivity contribution is 0.0677. The van der Waals surface area contributed by atoms with Crippen LogP contribution in [-0.2, 0) is 16.4 Å². The van der Waals surface area contributed by atoms with Crippen molar-refractivity contribution in [3.05, 3.63) is 54.1 Å². The van der Waals surface area contributed by atoms with Gasteiger partial charge < -0.3 is 14.9 Å². The van der Waals surface area contributed by atoms with Crippen molar-refractivity contribution in [1.82, 2.24) is 4.31 Å². The molecule has 9 heteroatoms. The first-order chi connectivity index (χ1) is 13.6. The molecule has 0 bridgehead atoms. The Kier molecular flexibility index (Phi) is 7.95. The number of aromatic hydroxyl groups is 1. The Morgan fingerprint density at radius 2 is 1.62 bits per heavy atom. The highest BCUT2D eigenvalue weighted by Crippen LogP contribution is 2.23. The van der Waals surface area contributed by atoms with Crippen LogP contribution < -0.4 is 4.74 Å². The van der Waals surface area contributed by atoms with Gasteiger partial charge in [0.1, 0.15) is 11.5 Å². The van der Waals surface area contributed by atoms with E-state index in [2.05, 4.69) is 0 Å². The van der Waals surface area contributed by atoms with Crippen LogP contribution in [0.3, 0.4) is 0 Å². The summed E-state index contributed by atoms with van der Waals surface area (Å²) in [7, 11) is -2.79. The number of aliphatic hydroxyl groups excluding tert-OH is 1. The lowest BCUT2D eigenvalue weighted by Gasteiger charge is -2.27. The molecule has 0 heterocycles. The van der Waals surface area contributed by atoms with Gasteiger partial charge in [0, 0.05) is 6.54 Å². The summed E-state index contributed by atoms with van der Waals surface area (Å²) in [6.45, 7) is 0.230. The minimum Gasteiger partial charge on any atom is -0.508 e. The molecule has 0 radical (unpaired) electrons. The minimum atomic E-state index is -4.22. The number of rotatable bonds is 10. The second-order valence-electron chi connectivity index (χ2n) is 6.80. The smallest absolute Gasteiger partial charge is 0.252 e. The lowest BCUT2D eigenvalue weighted by Crippen LogP contribution is -2.42. The van der Waals surface area contributed by atoms with Gasteiger partial charge in [0.05, 0.1) is 24.7 Å². The first-order valence-corrected chi connectivity index (χ1v) is 10.5. The molecule has 0 aliphatic rings. The molecule has 0 aromatic heterocycles. The zero-order valence-corrected chi connectivity index (χ0v) is 17.0. The van der Waals surface area contributed by atoms with E-state index < -0.39 is 41.6 Å². The number of methoxy groups -OCH3 is 1. The molecule has 2 aromatic rings. The van der Waals surface area contributed by atoms with E-state index in [1.165, 1.54) is 43.5 Å². The Hall–Kier alpha value is -2.23. The summed E-state index contributed by atoms with van der Waals surface area (Å²) in [5.41, 5.74) is 0.827. The molecule has 0 saturated carbocycles. The topological polar surface area (TPSA) is 87.1 Å². The van der Waals surface area contributed by atoms with E-state index in [9.17, 15) is 27.4 Å². The van der Waals surface area contributed by atoms with Gasteiger partial charge in [-0.2, -0.15) is 4.31 Å². The molecule has 0 spiro atoms. The van der Waals surface area contributed by atoms with Crippen molar-refractivity contribution < 1.29 is 32.1 Å². The summed E-state index contributed by atoms with van der Waals surface area (Å²) >= 11 is 0. The molecule has 0 aliphatic heterocycles. The molecule has 0 saturated heterocycles. The Bertz CT molecular complexity index is 873. The number of hydrogen-bond donors (Lipinski definition) is 2. The summed E-state index contributed by atoms with van der Waals surface area (Å²) in [5, 5.41) is 19.8. The normalized spacial score (nSPS) is 14.2. The maximum Gasteiger partial charge on any atom is 0.252 e. The average molecular weight is 429 g/mol. The van der Waals surface area contributed by atoms with Crippen LogP contribution in [0.25, 0.3) is 0 Å². The predicted molar refractivity (Wildman–Crippen MR) is 105 cm³/mol. The highest BCUT2D eigenvalue weighted by Gasteiger charge is 2.30. The first kappa shape index (κ1) is 23.1. The van der Waals surface area contributed by atoms with Crippen molar-refractivity contribution in [2.45, 2.75) is 30.8 Å². The van der Waals surface area contributed by atoms with Crippen molar-refractivity contribution in [1.29, 1.82) is 0 Å². The number of hydrogen-bond acceptors (Lipinski definition) is 5. The Balaban J connectivity index is 2.16. The van der Waals surface area contributed by atoms with E-state index in [4.69, 9.17) is 4.74 Å². The molecule has 2 aromatic carbocycles. The van der Waals surface area contributed by atoms with Gasteiger partial charge in [-0.05, 0) is 54.3 Å². The van der Waals surface area contributed by atoms with Crippen LogP contribution in [-0.4, -0.2) is 55.7 Å². The summed E-state index contributed by atoms with van der Waals surface area (Å²) in [5.74, 6) is 0.147. The van der Waals surface area contributed by atoms with Gasteiger partial charge in [0.25, 0.3) is 6.43 Å². The summed E-state index contributed by atoms with van der Waals surface area (Å²) in [4.78, 5) is -0.155. The molecule has 6 nitrogen and oxygen atoms in total. The number of halogens is 2. The maximum atomic E-state index is 13.1. The van der Waals surface area contributed by atoms with Crippen molar-refractivity contribution in [2.75, 3.05) is 20.2 Å². The molecule has 0 fully saturated rings. The third-order valence-corrected chi connectivity index (χ3v) is 6.43. The molecule has 0 amide bonds. The number of benzene rings is 2. The van der Waals surface area contributed by atoms with Gasteiger partial charge in [0.2, 0.25) is 10.0 Å². The van der Waals surface area contributed by atoms with Gasteiger partial charge >= 0.3 is 0 Å². The molecule has 160 valence electrons. The zero-order chi connectivity index (χ0) is 21.6. The Labute approximate surface area is 169 Å². The van der Waals surface area contributed by atoms with Gasteiger partial charge in [-0.1, -0.05) is 19.1 Å². The number of aliphatic hydroxyl groups is 1. The zero-order valence-electron chi connectivity index (χ0n) is 16.2. The van der Waals surface area contributed by atoms with Crippen LogP contribution in [0.1, 0.15) is 12.5 Å². The summed E-state index contributed by atoms with van der Waals surface area (Å²) in [6.07, 6.45) is -3.65. The van der Waals surface area contributed by atoms with Crippen LogP contribution in [0.4, 0.5) is 8.78 Å². The Morgan fingerprint density at radius 3 is 2.14 bits per heavy atom. The molecular formula is C20H25F2NO5S.